The predicted molar refractivity (Wildman–Crippen MR) is 71.7 cm³/mol. The van der Waals surface area contributed by atoms with Crippen molar-refractivity contribution in [3.05, 3.63) is 46.4 Å². The van der Waals surface area contributed by atoms with E-state index in [1.807, 2.05) is 29.6 Å². The average molecular weight is 259 g/mol. The molecular formula is C13H13N3OS. The first-order valence-electron chi connectivity index (χ1n) is 5.83. The number of benzene rings is 1. The minimum absolute atomic E-state index is 0.0302. The highest BCUT2D eigenvalue weighted by atomic mass is 32.1. The molecule has 2 aromatic rings. The fourth-order valence-electron chi connectivity index (χ4n) is 2.45. The van der Waals surface area contributed by atoms with Crippen LogP contribution in [-0.2, 0) is 6.42 Å². The van der Waals surface area contributed by atoms with Gasteiger partial charge in [-0.15, -0.1) is 11.3 Å². The van der Waals surface area contributed by atoms with Crippen molar-refractivity contribution in [2.24, 2.45) is 5.73 Å². The SMILES string of the molecule is NC(=O)N1c2ccccc2CCC1c1nccs1. The molecule has 0 aliphatic carbocycles. The number of aryl methyl sites for hydroxylation is 1. The van der Waals surface area contributed by atoms with Crippen LogP contribution in [0.4, 0.5) is 10.5 Å². The molecule has 1 aliphatic rings. The van der Waals surface area contributed by atoms with E-state index in [1.165, 1.54) is 5.56 Å². The summed E-state index contributed by atoms with van der Waals surface area (Å²) in [6, 6.07) is 7.46. The average Bonchev–Trinajstić information content (AvgIpc) is 2.90. The Morgan fingerprint density at radius 3 is 3.00 bits per heavy atom. The highest BCUT2D eigenvalue weighted by molar-refractivity contribution is 7.09. The summed E-state index contributed by atoms with van der Waals surface area (Å²) < 4.78 is 0. The zero-order chi connectivity index (χ0) is 12.5. The van der Waals surface area contributed by atoms with E-state index in [2.05, 4.69) is 4.98 Å². The molecule has 1 aliphatic heterocycles. The van der Waals surface area contributed by atoms with Crippen molar-refractivity contribution in [2.45, 2.75) is 18.9 Å². The Hall–Kier alpha value is -1.88. The Morgan fingerprint density at radius 1 is 1.44 bits per heavy atom. The molecule has 1 aromatic heterocycles. The number of rotatable bonds is 1. The van der Waals surface area contributed by atoms with Crippen LogP contribution in [0.3, 0.4) is 0 Å². The summed E-state index contributed by atoms with van der Waals surface area (Å²) >= 11 is 1.56. The number of amides is 2. The molecule has 18 heavy (non-hydrogen) atoms. The molecule has 1 aromatic carbocycles. The minimum Gasteiger partial charge on any atom is -0.351 e. The molecular weight excluding hydrogens is 246 g/mol. The van der Waals surface area contributed by atoms with Gasteiger partial charge in [-0.3, -0.25) is 4.90 Å². The lowest BCUT2D eigenvalue weighted by Gasteiger charge is -2.34. The Morgan fingerprint density at radius 2 is 2.28 bits per heavy atom. The number of urea groups is 1. The molecule has 2 heterocycles. The molecule has 1 unspecified atom stereocenters. The molecule has 3 rings (SSSR count). The summed E-state index contributed by atoms with van der Waals surface area (Å²) in [7, 11) is 0. The lowest BCUT2D eigenvalue weighted by Crippen LogP contribution is -2.41. The summed E-state index contributed by atoms with van der Waals surface area (Å²) in [5.74, 6) is 0. The summed E-state index contributed by atoms with van der Waals surface area (Å²) in [4.78, 5) is 17.7. The number of fused-ring (bicyclic) bond motifs is 1. The fourth-order valence-corrected chi connectivity index (χ4v) is 3.21. The Labute approximate surface area is 109 Å². The van der Waals surface area contributed by atoms with Crippen molar-refractivity contribution < 1.29 is 4.79 Å². The zero-order valence-electron chi connectivity index (χ0n) is 9.74. The van der Waals surface area contributed by atoms with E-state index in [0.29, 0.717) is 0 Å². The molecule has 4 nitrogen and oxygen atoms in total. The first-order valence-corrected chi connectivity index (χ1v) is 6.71. The van der Waals surface area contributed by atoms with Crippen LogP contribution in [0, 0.1) is 0 Å². The van der Waals surface area contributed by atoms with Gasteiger partial charge in [0.25, 0.3) is 0 Å². The number of aromatic nitrogens is 1. The molecule has 92 valence electrons. The van der Waals surface area contributed by atoms with Gasteiger partial charge in [0.2, 0.25) is 0 Å². The van der Waals surface area contributed by atoms with Gasteiger partial charge in [0.1, 0.15) is 5.01 Å². The van der Waals surface area contributed by atoms with E-state index in [9.17, 15) is 4.79 Å². The smallest absolute Gasteiger partial charge is 0.319 e. The zero-order valence-corrected chi connectivity index (χ0v) is 10.6. The van der Waals surface area contributed by atoms with Crippen LogP contribution in [0.1, 0.15) is 23.0 Å². The van der Waals surface area contributed by atoms with Gasteiger partial charge >= 0.3 is 6.03 Å². The largest absolute Gasteiger partial charge is 0.351 e. The number of anilines is 1. The molecule has 0 spiro atoms. The van der Waals surface area contributed by atoms with Crippen LogP contribution < -0.4 is 10.6 Å². The number of nitrogens with two attached hydrogens (primary N) is 1. The number of para-hydroxylation sites is 1. The summed E-state index contributed by atoms with van der Waals surface area (Å²) in [5.41, 5.74) is 7.63. The van der Waals surface area contributed by atoms with Gasteiger partial charge in [-0.25, -0.2) is 9.78 Å². The molecule has 0 saturated heterocycles. The topological polar surface area (TPSA) is 59.2 Å². The van der Waals surface area contributed by atoms with Gasteiger partial charge in [0.05, 0.1) is 6.04 Å². The summed E-state index contributed by atoms with van der Waals surface area (Å²) in [6.07, 6.45) is 3.58. The van der Waals surface area contributed by atoms with Crippen molar-refractivity contribution >= 4 is 23.1 Å². The second-order valence-electron chi connectivity index (χ2n) is 4.26. The van der Waals surface area contributed by atoms with Crippen LogP contribution >= 0.6 is 11.3 Å². The molecule has 2 amide bonds. The first-order chi connectivity index (χ1) is 8.77. The van der Waals surface area contributed by atoms with E-state index in [4.69, 9.17) is 5.73 Å². The van der Waals surface area contributed by atoms with Crippen molar-refractivity contribution in [1.29, 1.82) is 0 Å². The molecule has 0 fully saturated rings. The molecule has 0 bridgehead atoms. The maximum absolute atomic E-state index is 11.7. The van der Waals surface area contributed by atoms with Gasteiger partial charge in [-0.05, 0) is 24.5 Å². The van der Waals surface area contributed by atoms with Crippen molar-refractivity contribution in [3.63, 3.8) is 0 Å². The quantitative estimate of drug-likeness (QED) is 0.856. The molecule has 5 heteroatoms. The number of thiazole rings is 1. The van der Waals surface area contributed by atoms with Crippen molar-refractivity contribution in [1.82, 2.24) is 4.98 Å². The normalized spacial score (nSPS) is 18.4. The number of carbonyl (C=O) groups is 1. The number of hydrogen-bond donors (Lipinski definition) is 1. The van der Waals surface area contributed by atoms with Crippen LogP contribution in [0.25, 0.3) is 0 Å². The number of primary amides is 1. The molecule has 1 atom stereocenters. The van der Waals surface area contributed by atoms with Crippen LogP contribution in [0.5, 0.6) is 0 Å². The lowest BCUT2D eigenvalue weighted by molar-refractivity contribution is 0.250. The first kappa shape index (κ1) is 11.2. The third-order valence-corrected chi connectivity index (χ3v) is 4.10. The van der Waals surface area contributed by atoms with E-state index in [0.717, 1.165) is 23.5 Å². The molecule has 0 saturated carbocycles. The van der Waals surface area contributed by atoms with E-state index in [-0.39, 0.29) is 6.04 Å². The van der Waals surface area contributed by atoms with E-state index < -0.39 is 6.03 Å². The second-order valence-corrected chi connectivity index (χ2v) is 5.19. The van der Waals surface area contributed by atoms with Crippen LogP contribution in [0.15, 0.2) is 35.8 Å². The Bertz CT molecular complexity index is 567. The van der Waals surface area contributed by atoms with Crippen molar-refractivity contribution in [3.8, 4) is 0 Å². The summed E-state index contributed by atoms with van der Waals surface area (Å²) in [5, 5.41) is 2.87. The minimum atomic E-state index is -0.414. The van der Waals surface area contributed by atoms with Gasteiger partial charge < -0.3 is 5.73 Å². The lowest BCUT2D eigenvalue weighted by atomic mass is 9.96. The van der Waals surface area contributed by atoms with Gasteiger partial charge in [-0.1, -0.05) is 18.2 Å². The predicted octanol–water partition coefficient (Wildman–Crippen LogP) is 2.72. The third-order valence-electron chi connectivity index (χ3n) is 3.22. The highest BCUT2D eigenvalue weighted by Crippen LogP contribution is 2.38. The van der Waals surface area contributed by atoms with Crippen molar-refractivity contribution in [2.75, 3.05) is 4.90 Å². The van der Waals surface area contributed by atoms with Gasteiger partial charge in [0.15, 0.2) is 0 Å². The standard InChI is InChI=1S/C13H13N3OS/c14-13(17)16-10-4-2-1-3-9(10)5-6-11(16)12-15-7-8-18-12/h1-4,7-8,11H,5-6H2,(H2,14,17). The number of carbonyl (C=O) groups excluding carboxylic acids is 1. The maximum Gasteiger partial charge on any atom is 0.319 e. The summed E-state index contributed by atoms with van der Waals surface area (Å²) in [6.45, 7) is 0. The molecule has 0 radical (unpaired) electrons. The van der Waals surface area contributed by atoms with Crippen LogP contribution in [-0.4, -0.2) is 11.0 Å². The highest BCUT2D eigenvalue weighted by Gasteiger charge is 2.32. The Balaban J connectivity index is 2.07. The van der Waals surface area contributed by atoms with Gasteiger partial charge in [0, 0.05) is 17.3 Å². The van der Waals surface area contributed by atoms with Crippen LogP contribution in [0.2, 0.25) is 0 Å². The monoisotopic (exact) mass is 259 g/mol. The van der Waals surface area contributed by atoms with E-state index in [1.54, 1.807) is 22.4 Å². The second kappa shape index (κ2) is 4.42. The fraction of sp³-hybridized carbons (Fsp3) is 0.231. The third kappa shape index (κ3) is 1.76. The number of nitrogens with zero attached hydrogens (tertiary/aromatic N) is 2. The van der Waals surface area contributed by atoms with E-state index >= 15 is 0 Å². The maximum atomic E-state index is 11.7. The Kier molecular flexibility index (Phi) is 2.76. The molecule has 2 N–H and O–H groups in total. The number of hydrogen-bond acceptors (Lipinski definition) is 3. The van der Waals surface area contributed by atoms with Gasteiger partial charge in [-0.2, -0.15) is 0 Å².